The zero-order valence-electron chi connectivity index (χ0n) is 17.6. The summed E-state index contributed by atoms with van der Waals surface area (Å²) < 4.78 is 1.82. The minimum Gasteiger partial charge on any atom is -0.378 e. The van der Waals surface area contributed by atoms with E-state index >= 15 is 0 Å². The molecule has 0 saturated heterocycles. The first-order valence-corrected chi connectivity index (χ1v) is 9.85. The van der Waals surface area contributed by atoms with E-state index in [4.69, 9.17) is 0 Å². The summed E-state index contributed by atoms with van der Waals surface area (Å²) in [6.45, 7) is 1.48. The Balaban J connectivity index is 1.53. The van der Waals surface area contributed by atoms with Crippen molar-refractivity contribution in [1.29, 1.82) is 0 Å². The van der Waals surface area contributed by atoms with E-state index < -0.39 is 0 Å². The van der Waals surface area contributed by atoms with Crippen LogP contribution in [0.25, 0.3) is 16.6 Å². The Bertz CT molecular complexity index is 1240. The topological polar surface area (TPSA) is 79.3 Å². The van der Waals surface area contributed by atoms with Crippen molar-refractivity contribution in [2.24, 2.45) is 0 Å². The first kappa shape index (κ1) is 20.2. The van der Waals surface area contributed by atoms with Crippen molar-refractivity contribution in [3.8, 4) is 5.69 Å². The summed E-state index contributed by atoms with van der Waals surface area (Å²) in [5.74, 6) is -0.272. The molecule has 1 aromatic heterocycles. The van der Waals surface area contributed by atoms with Gasteiger partial charge in [0.25, 0.3) is 5.91 Å². The second-order valence-corrected chi connectivity index (χ2v) is 7.45. The average Bonchev–Trinajstić information content (AvgIpc) is 3.17. The summed E-state index contributed by atoms with van der Waals surface area (Å²) in [5.41, 5.74) is 4.87. The van der Waals surface area contributed by atoms with Crippen molar-refractivity contribution in [3.63, 3.8) is 0 Å². The van der Waals surface area contributed by atoms with Gasteiger partial charge in [-0.3, -0.25) is 9.59 Å². The summed E-state index contributed by atoms with van der Waals surface area (Å²) >= 11 is 0. The summed E-state index contributed by atoms with van der Waals surface area (Å²) in [6.07, 6.45) is 1.76. The number of carbonyl (C=O) groups excluding carboxylic acids is 2. The van der Waals surface area contributed by atoms with Gasteiger partial charge in [0, 0.05) is 49.0 Å². The van der Waals surface area contributed by atoms with Crippen LogP contribution in [0.2, 0.25) is 0 Å². The van der Waals surface area contributed by atoms with E-state index in [2.05, 4.69) is 15.7 Å². The summed E-state index contributed by atoms with van der Waals surface area (Å²) in [7, 11) is 3.92. The molecular weight excluding hydrogens is 390 g/mol. The highest BCUT2D eigenvalue weighted by atomic mass is 16.2. The Hall–Kier alpha value is -4.13. The Labute approximate surface area is 180 Å². The maximum Gasteiger partial charge on any atom is 0.255 e. The van der Waals surface area contributed by atoms with Crippen LogP contribution in [0.1, 0.15) is 17.3 Å². The van der Waals surface area contributed by atoms with Crippen LogP contribution in [0.3, 0.4) is 0 Å². The quantitative estimate of drug-likeness (QED) is 0.511. The zero-order chi connectivity index (χ0) is 22.0. The lowest BCUT2D eigenvalue weighted by Crippen LogP contribution is -2.13. The first-order chi connectivity index (χ1) is 14.9. The molecule has 0 aliphatic rings. The molecule has 2 amide bonds. The number of carbonyl (C=O) groups is 2. The van der Waals surface area contributed by atoms with Crippen LogP contribution in [0.5, 0.6) is 0 Å². The van der Waals surface area contributed by atoms with Crippen LogP contribution in [0.15, 0.2) is 72.9 Å². The highest BCUT2D eigenvalue weighted by Gasteiger charge is 2.10. The van der Waals surface area contributed by atoms with Gasteiger partial charge in [0.15, 0.2) is 0 Å². The third-order valence-electron chi connectivity index (χ3n) is 4.90. The van der Waals surface area contributed by atoms with Gasteiger partial charge in [-0.1, -0.05) is 0 Å². The molecule has 4 rings (SSSR count). The molecule has 1 heterocycles. The lowest BCUT2D eigenvalue weighted by atomic mass is 10.1. The lowest BCUT2D eigenvalue weighted by molar-refractivity contribution is -0.114. The molecule has 7 nitrogen and oxygen atoms in total. The standard InChI is InChI=1S/C24H23N5O2/c1-16(30)26-19-6-11-22(12-7-19)29-23-13-8-20(14-18(23)15-25-29)27-24(31)17-4-9-21(10-5-17)28(2)3/h4-15H,1-3H3,(H,26,30)(H,27,31). The van der Waals surface area contributed by atoms with Gasteiger partial charge < -0.3 is 15.5 Å². The summed E-state index contributed by atoms with van der Waals surface area (Å²) in [6, 6.07) is 20.6. The third kappa shape index (κ3) is 4.40. The number of hydrogen-bond donors (Lipinski definition) is 2. The Kier molecular flexibility index (Phi) is 5.41. The van der Waals surface area contributed by atoms with Crippen LogP contribution in [0.4, 0.5) is 17.1 Å². The molecule has 3 aromatic carbocycles. The average molecular weight is 413 g/mol. The lowest BCUT2D eigenvalue weighted by Gasteiger charge is -2.12. The molecule has 0 radical (unpaired) electrons. The molecule has 7 heteroatoms. The number of amides is 2. The van der Waals surface area contributed by atoms with Crippen LogP contribution < -0.4 is 15.5 Å². The number of aromatic nitrogens is 2. The van der Waals surface area contributed by atoms with E-state index in [9.17, 15) is 9.59 Å². The van der Waals surface area contributed by atoms with Crippen molar-refractivity contribution in [2.45, 2.75) is 6.92 Å². The van der Waals surface area contributed by atoms with E-state index in [0.717, 1.165) is 28.0 Å². The minimum absolute atomic E-state index is 0.111. The highest BCUT2D eigenvalue weighted by Crippen LogP contribution is 2.23. The SMILES string of the molecule is CC(=O)Nc1ccc(-n2ncc3cc(NC(=O)c4ccc(N(C)C)cc4)ccc32)cc1. The Morgan fingerprint density at radius 1 is 0.871 bits per heavy atom. The van der Waals surface area contributed by atoms with E-state index in [1.807, 2.05) is 90.4 Å². The minimum atomic E-state index is -0.161. The predicted octanol–water partition coefficient (Wildman–Crippen LogP) is 4.30. The second-order valence-electron chi connectivity index (χ2n) is 7.45. The maximum atomic E-state index is 12.6. The zero-order valence-corrected chi connectivity index (χ0v) is 17.6. The van der Waals surface area contributed by atoms with Crippen LogP contribution in [0, 0.1) is 0 Å². The molecule has 0 fully saturated rings. The largest absolute Gasteiger partial charge is 0.378 e. The summed E-state index contributed by atoms with van der Waals surface area (Å²) in [5, 5.41) is 11.1. The third-order valence-corrected chi connectivity index (χ3v) is 4.90. The molecule has 0 bridgehead atoms. The van der Waals surface area contributed by atoms with Crippen LogP contribution in [-0.2, 0) is 4.79 Å². The fraction of sp³-hybridized carbons (Fsp3) is 0.125. The fourth-order valence-corrected chi connectivity index (χ4v) is 3.32. The van der Waals surface area contributed by atoms with E-state index in [0.29, 0.717) is 11.3 Å². The molecule has 0 aliphatic heterocycles. The number of benzene rings is 3. The van der Waals surface area contributed by atoms with Crippen molar-refractivity contribution in [3.05, 3.63) is 78.5 Å². The number of hydrogen-bond acceptors (Lipinski definition) is 4. The van der Waals surface area contributed by atoms with Crippen molar-refractivity contribution < 1.29 is 9.59 Å². The molecular formula is C24H23N5O2. The number of anilines is 3. The van der Waals surface area contributed by atoms with Gasteiger partial charge in [0.1, 0.15) is 0 Å². The van der Waals surface area contributed by atoms with E-state index in [1.54, 1.807) is 6.20 Å². The first-order valence-electron chi connectivity index (χ1n) is 9.85. The highest BCUT2D eigenvalue weighted by molar-refractivity contribution is 6.05. The maximum absolute atomic E-state index is 12.6. The molecule has 0 atom stereocenters. The number of nitrogens with one attached hydrogen (secondary N) is 2. The van der Waals surface area contributed by atoms with Gasteiger partial charge in [-0.2, -0.15) is 5.10 Å². The Morgan fingerprint density at radius 3 is 2.19 bits per heavy atom. The smallest absolute Gasteiger partial charge is 0.255 e. The molecule has 2 N–H and O–H groups in total. The van der Waals surface area contributed by atoms with Gasteiger partial charge in [-0.15, -0.1) is 0 Å². The Morgan fingerprint density at radius 2 is 1.55 bits per heavy atom. The van der Waals surface area contributed by atoms with Crippen molar-refractivity contribution in [1.82, 2.24) is 9.78 Å². The van der Waals surface area contributed by atoms with Crippen LogP contribution >= 0.6 is 0 Å². The second kappa shape index (κ2) is 8.31. The van der Waals surface area contributed by atoms with Gasteiger partial charge in [0.2, 0.25) is 5.91 Å². The molecule has 0 aliphatic carbocycles. The van der Waals surface area contributed by atoms with E-state index in [-0.39, 0.29) is 11.8 Å². The molecule has 0 unspecified atom stereocenters. The normalized spacial score (nSPS) is 10.7. The number of rotatable bonds is 5. The van der Waals surface area contributed by atoms with Crippen molar-refractivity contribution in [2.75, 3.05) is 29.6 Å². The molecule has 0 spiro atoms. The molecule has 31 heavy (non-hydrogen) atoms. The summed E-state index contributed by atoms with van der Waals surface area (Å²) in [4.78, 5) is 25.8. The molecule has 156 valence electrons. The fourth-order valence-electron chi connectivity index (χ4n) is 3.32. The molecule has 4 aromatic rings. The van der Waals surface area contributed by atoms with Gasteiger partial charge in [-0.05, 0) is 66.7 Å². The van der Waals surface area contributed by atoms with Crippen LogP contribution in [-0.4, -0.2) is 35.7 Å². The van der Waals surface area contributed by atoms with E-state index in [1.165, 1.54) is 6.92 Å². The van der Waals surface area contributed by atoms with Gasteiger partial charge >= 0.3 is 0 Å². The monoisotopic (exact) mass is 413 g/mol. The number of fused-ring (bicyclic) bond motifs is 1. The predicted molar refractivity (Wildman–Crippen MR) is 124 cm³/mol. The van der Waals surface area contributed by atoms with Gasteiger partial charge in [0.05, 0.1) is 17.4 Å². The van der Waals surface area contributed by atoms with Gasteiger partial charge in [-0.25, -0.2) is 4.68 Å². The number of nitrogens with zero attached hydrogens (tertiary/aromatic N) is 3. The van der Waals surface area contributed by atoms with Crippen molar-refractivity contribution >= 4 is 39.8 Å². The molecule has 0 saturated carbocycles.